The van der Waals surface area contributed by atoms with Gasteiger partial charge in [-0.25, -0.2) is 4.39 Å². The number of halogens is 1. The zero-order valence-corrected chi connectivity index (χ0v) is 8.74. The molecule has 0 aliphatic carbocycles. The predicted molar refractivity (Wildman–Crippen MR) is 56.5 cm³/mol. The monoisotopic (exact) mass is 228 g/mol. The van der Waals surface area contributed by atoms with Crippen LogP contribution in [-0.2, 0) is 9.53 Å². The van der Waals surface area contributed by atoms with E-state index in [1.165, 1.54) is 13.2 Å². The Labute approximate surface area is 92.0 Å². The summed E-state index contributed by atoms with van der Waals surface area (Å²) in [6, 6.07) is 3.53. The summed E-state index contributed by atoms with van der Waals surface area (Å²) in [5, 5.41) is 11.4. The lowest BCUT2D eigenvalue weighted by molar-refractivity contribution is -0.125. The molecule has 0 aromatic heterocycles. The van der Waals surface area contributed by atoms with E-state index in [0.717, 1.165) is 12.1 Å². The number of aromatic hydroxyl groups is 1. The average molecular weight is 228 g/mol. The lowest BCUT2D eigenvalue weighted by Gasteiger charge is -2.13. The summed E-state index contributed by atoms with van der Waals surface area (Å²) in [6.07, 6.45) is -0.781. The van der Waals surface area contributed by atoms with E-state index >= 15 is 0 Å². The van der Waals surface area contributed by atoms with Crippen LogP contribution in [0.5, 0.6) is 5.75 Å². The third-order valence-corrected chi connectivity index (χ3v) is 2.01. The lowest BCUT2D eigenvalue weighted by atomic mass is 10.2. The minimum absolute atomic E-state index is 0.0307. The molecule has 0 radical (unpaired) electrons. The summed E-state index contributed by atoms with van der Waals surface area (Å²) in [7, 11) is 1.36. The van der Waals surface area contributed by atoms with Crippen LogP contribution >= 0.6 is 0 Å². The molecule has 0 aliphatic rings. The molecule has 1 atom stereocenters. The highest BCUT2D eigenvalue weighted by atomic mass is 19.1. The van der Waals surface area contributed by atoms with Crippen LogP contribution < -0.4 is 11.1 Å². The van der Waals surface area contributed by atoms with Crippen molar-refractivity contribution in [3.05, 3.63) is 24.0 Å². The third-order valence-electron chi connectivity index (χ3n) is 2.01. The van der Waals surface area contributed by atoms with Crippen LogP contribution in [0.4, 0.5) is 10.1 Å². The number of nitrogens with two attached hydrogens (primary N) is 1. The molecule has 1 amide bonds. The van der Waals surface area contributed by atoms with E-state index in [2.05, 4.69) is 5.32 Å². The Bertz CT molecular complexity index is 380. The number of anilines is 1. The van der Waals surface area contributed by atoms with Crippen molar-refractivity contribution < 1.29 is 19.0 Å². The van der Waals surface area contributed by atoms with Gasteiger partial charge in [-0.3, -0.25) is 4.79 Å². The number of hydrogen-bond acceptors (Lipinski definition) is 4. The highest BCUT2D eigenvalue weighted by Crippen LogP contribution is 2.19. The predicted octanol–water partition coefficient (Wildman–Crippen LogP) is 0.444. The maximum Gasteiger partial charge on any atom is 0.254 e. The van der Waals surface area contributed by atoms with E-state index in [0.29, 0.717) is 0 Å². The van der Waals surface area contributed by atoms with Gasteiger partial charge in [0.1, 0.15) is 6.10 Å². The van der Waals surface area contributed by atoms with Gasteiger partial charge in [-0.1, -0.05) is 0 Å². The van der Waals surface area contributed by atoms with Crippen molar-refractivity contribution >= 4 is 11.6 Å². The molecule has 5 nitrogen and oxygen atoms in total. The van der Waals surface area contributed by atoms with Gasteiger partial charge in [-0.2, -0.15) is 0 Å². The SMILES string of the molecule is COC(CN)C(=O)Nc1ccc(O)c(F)c1. The number of carbonyl (C=O) groups excluding carboxylic acids is 1. The number of ether oxygens (including phenoxy) is 1. The molecule has 4 N–H and O–H groups in total. The normalized spacial score (nSPS) is 12.2. The molecule has 16 heavy (non-hydrogen) atoms. The maximum atomic E-state index is 12.9. The van der Waals surface area contributed by atoms with E-state index in [9.17, 15) is 9.18 Å². The number of phenolic OH excluding ortho intramolecular Hbond substituents is 1. The number of hydrogen-bond donors (Lipinski definition) is 3. The van der Waals surface area contributed by atoms with Gasteiger partial charge >= 0.3 is 0 Å². The molecule has 1 unspecified atom stereocenters. The smallest absolute Gasteiger partial charge is 0.254 e. The van der Waals surface area contributed by atoms with Crippen molar-refractivity contribution in [1.82, 2.24) is 0 Å². The van der Waals surface area contributed by atoms with Crippen molar-refractivity contribution in [3.8, 4) is 5.75 Å². The lowest BCUT2D eigenvalue weighted by Crippen LogP contribution is -2.35. The average Bonchev–Trinajstić information content (AvgIpc) is 2.25. The van der Waals surface area contributed by atoms with Gasteiger partial charge in [-0.15, -0.1) is 0 Å². The molecular weight excluding hydrogens is 215 g/mol. The second-order valence-electron chi connectivity index (χ2n) is 3.12. The van der Waals surface area contributed by atoms with Gasteiger partial charge in [0.2, 0.25) is 0 Å². The molecule has 0 bridgehead atoms. The summed E-state index contributed by atoms with van der Waals surface area (Å²) in [5.74, 6) is -1.74. The van der Waals surface area contributed by atoms with Crippen LogP contribution in [-0.4, -0.2) is 30.8 Å². The fourth-order valence-corrected chi connectivity index (χ4v) is 1.12. The Hall–Kier alpha value is -1.66. The van der Waals surface area contributed by atoms with Crippen LogP contribution in [0.2, 0.25) is 0 Å². The molecular formula is C10H13FN2O3. The Morgan fingerprint density at radius 1 is 1.69 bits per heavy atom. The van der Waals surface area contributed by atoms with E-state index in [4.69, 9.17) is 15.6 Å². The van der Waals surface area contributed by atoms with E-state index in [-0.39, 0.29) is 12.2 Å². The summed E-state index contributed by atoms with van der Waals surface area (Å²) < 4.78 is 17.7. The van der Waals surface area contributed by atoms with Crippen LogP contribution in [0.3, 0.4) is 0 Å². The first kappa shape index (κ1) is 12.4. The van der Waals surface area contributed by atoms with Crippen molar-refractivity contribution in [2.24, 2.45) is 5.73 Å². The van der Waals surface area contributed by atoms with E-state index in [1.807, 2.05) is 0 Å². The minimum Gasteiger partial charge on any atom is -0.505 e. The van der Waals surface area contributed by atoms with Gasteiger partial charge in [0.15, 0.2) is 11.6 Å². The topological polar surface area (TPSA) is 84.6 Å². The molecule has 0 aliphatic heterocycles. The summed E-state index contributed by atoms with van der Waals surface area (Å²) in [4.78, 5) is 11.5. The Morgan fingerprint density at radius 2 is 2.38 bits per heavy atom. The number of phenols is 1. The second kappa shape index (κ2) is 5.43. The highest BCUT2D eigenvalue weighted by molar-refractivity contribution is 5.94. The van der Waals surface area contributed by atoms with E-state index in [1.54, 1.807) is 0 Å². The van der Waals surface area contributed by atoms with Crippen LogP contribution in [0, 0.1) is 5.82 Å². The van der Waals surface area contributed by atoms with Crippen LogP contribution in [0.25, 0.3) is 0 Å². The molecule has 0 saturated carbocycles. The fraction of sp³-hybridized carbons (Fsp3) is 0.300. The van der Waals surface area contributed by atoms with E-state index < -0.39 is 23.6 Å². The maximum absolute atomic E-state index is 12.9. The third kappa shape index (κ3) is 2.91. The standard InChI is InChI=1S/C10H13FN2O3/c1-16-9(5-12)10(15)13-6-2-3-8(14)7(11)4-6/h2-4,9,14H,5,12H2,1H3,(H,13,15). The number of nitrogens with one attached hydrogen (secondary N) is 1. The molecule has 0 spiro atoms. The van der Waals surface area contributed by atoms with Gasteiger partial charge < -0.3 is 20.9 Å². The number of methoxy groups -OCH3 is 1. The Balaban J connectivity index is 2.73. The first-order valence-corrected chi connectivity index (χ1v) is 4.60. The molecule has 0 fully saturated rings. The van der Waals surface area contributed by atoms with Crippen molar-refractivity contribution in [1.29, 1.82) is 0 Å². The van der Waals surface area contributed by atoms with Gasteiger partial charge in [0.25, 0.3) is 5.91 Å². The summed E-state index contributed by atoms with van der Waals surface area (Å²) in [6.45, 7) is 0.0307. The number of benzene rings is 1. The molecule has 0 heterocycles. The van der Waals surface area contributed by atoms with Gasteiger partial charge in [0.05, 0.1) is 0 Å². The molecule has 0 saturated heterocycles. The van der Waals surface area contributed by atoms with Crippen LogP contribution in [0.1, 0.15) is 0 Å². The van der Waals surface area contributed by atoms with Gasteiger partial charge in [0, 0.05) is 25.4 Å². The number of amides is 1. The molecule has 6 heteroatoms. The highest BCUT2D eigenvalue weighted by Gasteiger charge is 2.16. The zero-order valence-electron chi connectivity index (χ0n) is 8.74. The largest absolute Gasteiger partial charge is 0.505 e. The number of rotatable bonds is 4. The van der Waals surface area contributed by atoms with Crippen LogP contribution in [0.15, 0.2) is 18.2 Å². The van der Waals surface area contributed by atoms with Crippen molar-refractivity contribution in [3.63, 3.8) is 0 Å². The minimum atomic E-state index is -0.806. The van der Waals surface area contributed by atoms with Crippen molar-refractivity contribution in [2.75, 3.05) is 19.0 Å². The Kier molecular flexibility index (Phi) is 4.21. The summed E-state index contributed by atoms with van der Waals surface area (Å²) in [5.41, 5.74) is 5.52. The molecule has 88 valence electrons. The molecule has 1 rings (SSSR count). The Morgan fingerprint density at radius 3 is 2.88 bits per heavy atom. The number of carbonyl (C=O) groups is 1. The molecule has 1 aromatic rings. The first-order chi connectivity index (χ1) is 7.58. The summed E-state index contributed by atoms with van der Waals surface area (Å²) >= 11 is 0. The van der Waals surface area contributed by atoms with Crippen molar-refractivity contribution in [2.45, 2.75) is 6.10 Å². The fourth-order valence-electron chi connectivity index (χ4n) is 1.12. The second-order valence-corrected chi connectivity index (χ2v) is 3.12. The zero-order chi connectivity index (χ0) is 12.1. The quantitative estimate of drug-likeness (QED) is 0.653. The molecule has 1 aromatic carbocycles. The first-order valence-electron chi connectivity index (χ1n) is 4.60. The van der Waals surface area contributed by atoms with Gasteiger partial charge in [-0.05, 0) is 12.1 Å².